The molecule has 0 bridgehead atoms. The highest BCUT2D eigenvalue weighted by atomic mass is 16.6. The highest BCUT2D eigenvalue weighted by molar-refractivity contribution is 6.40. The molecule has 9 nitrogen and oxygen atoms in total. The number of hydrogen-bond acceptors (Lipinski definition) is 9. The second kappa shape index (κ2) is 10.6. The van der Waals surface area contributed by atoms with Crippen molar-refractivity contribution in [1.29, 1.82) is 0 Å². The van der Waals surface area contributed by atoms with Gasteiger partial charge in [-0.05, 0) is 38.1 Å². The summed E-state index contributed by atoms with van der Waals surface area (Å²) in [5.74, 6) is 1.85. The molecule has 0 aromatic carbocycles. The Bertz CT molecular complexity index is 721. The number of esters is 1. The summed E-state index contributed by atoms with van der Waals surface area (Å²) >= 11 is 0. The summed E-state index contributed by atoms with van der Waals surface area (Å²) in [4.78, 5) is 30.9. The number of pyridine rings is 1. The lowest BCUT2D eigenvalue weighted by Gasteiger charge is -2.07. The van der Waals surface area contributed by atoms with Gasteiger partial charge in [0.2, 0.25) is 0 Å². The van der Waals surface area contributed by atoms with Crippen LogP contribution in [-0.4, -0.2) is 49.1 Å². The van der Waals surface area contributed by atoms with Crippen molar-refractivity contribution in [2.75, 3.05) is 20.8 Å². The van der Waals surface area contributed by atoms with E-state index in [1.807, 2.05) is 6.92 Å². The quantitative estimate of drug-likeness (QED) is 0.308. The Kier molecular flexibility index (Phi) is 8.39. The highest BCUT2D eigenvalue weighted by Gasteiger charge is 2.19. The topological polar surface area (TPSA) is 104 Å². The third-order valence-electron chi connectivity index (χ3n) is 2.80. The monoisotopic (exact) mass is 348 g/mol. The second-order valence-corrected chi connectivity index (χ2v) is 4.47. The van der Waals surface area contributed by atoms with Crippen LogP contribution < -0.4 is 4.84 Å². The molecule has 0 fully saturated rings. The van der Waals surface area contributed by atoms with Gasteiger partial charge in [-0.1, -0.05) is 10.3 Å². The number of ether oxygens (including phenoxy) is 1. The Morgan fingerprint density at radius 3 is 2.60 bits per heavy atom. The molecule has 0 saturated carbocycles. The van der Waals surface area contributed by atoms with Gasteiger partial charge < -0.3 is 19.2 Å². The molecule has 1 aromatic rings. The summed E-state index contributed by atoms with van der Waals surface area (Å²) in [6, 6.07) is 3.22. The van der Waals surface area contributed by atoms with Crippen molar-refractivity contribution in [1.82, 2.24) is 4.98 Å². The van der Waals surface area contributed by atoms with Gasteiger partial charge in [0.15, 0.2) is 0 Å². The van der Waals surface area contributed by atoms with Gasteiger partial charge in [-0.3, -0.25) is 0 Å². The minimum atomic E-state index is -0.673. The Labute approximate surface area is 145 Å². The molecule has 9 heteroatoms. The lowest BCUT2D eigenvalue weighted by Crippen LogP contribution is -2.10. The van der Waals surface area contributed by atoms with E-state index >= 15 is 0 Å². The van der Waals surface area contributed by atoms with Gasteiger partial charge in [0.25, 0.3) is 5.88 Å². The smallest absolute Gasteiger partial charge is 0.348 e. The average Bonchev–Trinajstić information content (AvgIpc) is 2.64. The minimum Gasteiger partial charge on any atom is -0.465 e. The van der Waals surface area contributed by atoms with Crippen molar-refractivity contribution in [3.63, 3.8) is 0 Å². The first-order chi connectivity index (χ1) is 12.0. The summed E-state index contributed by atoms with van der Waals surface area (Å²) in [6.07, 6.45) is 1.49. The van der Waals surface area contributed by atoms with Crippen molar-refractivity contribution < 1.29 is 24.0 Å². The number of carbonyl (C=O) groups is 1. The van der Waals surface area contributed by atoms with Gasteiger partial charge in [-0.2, -0.15) is 0 Å². The van der Waals surface area contributed by atoms with Crippen LogP contribution in [0.15, 0.2) is 33.8 Å². The first-order valence-electron chi connectivity index (χ1n) is 7.33. The lowest BCUT2D eigenvalue weighted by molar-refractivity contribution is -0.133. The molecular weight excluding hydrogens is 328 g/mol. The Hall–Kier alpha value is -3.19. The summed E-state index contributed by atoms with van der Waals surface area (Å²) in [5.41, 5.74) is 1.31. The van der Waals surface area contributed by atoms with Gasteiger partial charge in [0, 0.05) is 12.1 Å². The van der Waals surface area contributed by atoms with Gasteiger partial charge in [-0.15, -0.1) is 0 Å². The van der Waals surface area contributed by atoms with Crippen LogP contribution in [-0.2, 0) is 19.2 Å². The summed E-state index contributed by atoms with van der Waals surface area (Å²) in [5, 5.41) is 11.3. The molecule has 0 aliphatic rings. The van der Waals surface area contributed by atoms with Crippen LogP contribution in [0.3, 0.4) is 0 Å². The zero-order valence-corrected chi connectivity index (χ0v) is 14.8. The molecule has 1 aromatic heterocycles. The fourth-order valence-corrected chi connectivity index (χ4v) is 1.47. The minimum absolute atomic E-state index is 0.0139. The molecule has 1 rings (SSSR count). The third kappa shape index (κ3) is 6.08. The SMILES string of the molecule is CCO/N=C(C)\C(C)=N\Oc1ncccc1C(=C=NOC)C(=O)OC. The van der Waals surface area contributed by atoms with E-state index in [4.69, 9.17) is 14.4 Å². The van der Waals surface area contributed by atoms with E-state index in [9.17, 15) is 4.79 Å². The van der Waals surface area contributed by atoms with Crippen LogP contribution in [0.25, 0.3) is 5.57 Å². The number of nitrogens with zero attached hydrogens (tertiary/aromatic N) is 4. The molecule has 0 aliphatic carbocycles. The predicted molar refractivity (Wildman–Crippen MR) is 92.6 cm³/mol. The van der Waals surface area contributed by atoms with E-state index in [0.717, 1.165) is 0 Å². The van der Waals surface area contributed by atoms with Crippen LogP contribution in [0.1, 0.15) is 26.3 Å². The molecule has 0 aliphatic heterocycles. The number of oxime groups is 2. The van der Waals surface area contributed by atoms with E-state index in [2.05, 4.69) is 31.2 Å². The lowest BCUT2D eigenvalue weighted by atomic mass is 10.1. The fourth-order valence-electron chi connectivity index (χ4n) is 1.47. The molecule has 0 N–H and O–H groups in total. The average molecular weight is 348 g/mol. The van der Waals surface area contributed by atoms with Gasteiger partial charge in [0.05, 0.1) is 12.7 Å². The fraction of sp³-hybridized carbons (Fsp3) is 0.375. The maximum atomic E-state index is 11.9. The normalized spacial score (nSPS) is 11.2. The van der Waals surface area contributed by atoms with Gasteiger partial charge >= 0.3 is 5.97 Å². The van der Waals surface area contributed by atoms with Crippen LogP contribution >= 0.6 is 0 Å². The Balaban J connectivity index is 3.19. The molecule has 25 heavy (non-hydrogen) atoms. The van der Waals surface area contributed by atoms with Crippen LogP contribution in [0.4, 0.5) is 0 Å². The van der Waals surface area contributed by atoms with E-state index in [1.54, 1.807) is 26.0 Å². The van der Waals surface area contributed by atoms with Crippen LogP contribution in [0.5, 0.6) is 5.88 Å². The maximum absolute atomic E-state index is 11.9. The van der Waals surface area contributed by atoms with E-state index in [0.29, 0.717) is 23.6 Å². The van der Waals surface area contributed by atoms with E-state index in [-0.39, 0.29) is 11.5 Å². The standard InChI is InChI=1S/C16H20N4O5/c1-6-24-19-11(2)12(3)20-25-15-13(8-7-9-17-15)14(10-18-23-5)16(21)22-4/h7-9H,6H2,1-5H3/b19-11-,20-12+. The molecule has 1 heterocycles. The summed E-state index contributed by atoms with van der Waals surface area (Å²) in [6.45, 7) is 5.69. The Morgan fingerprint density at radius 2 is 1.96 bits per heavy atom. The van der Waals surface area contributed by atoms with Crippen molar-refractivity contribution in [2.24, 2.45) is 15.5 Å². The number of hydrogen-bond donors (Lipinski definition) is 0. The first-order valence-corrected chi connectivity index (χ1v) is 7.33. The van der Waals surface area contributed by atoms with E-state index in [1.165, 1.54) is 20.4 Å². The molecule has 134 valence electrons. The maximum Gasteiger partial charge on any atom is 0.348 e. The highest BCUT2D eigenvalue weighted by Crippen LogP contribution is 2.23. The number of rotatable bonds is 8. The van der Waals surface area contributed by atoms with Crippen molar-refractivity contribution in [2.45, 2.75) is 20.8 Å². The van der Waals surface area contributed by atoms with Crippen LogP contribution in [0, 0.1) is 0 Å². The van der Waals surface area contributed by atoms with Crippen molar-refractivity contribution in [3.05, 3.63) is 23.9 Å². The molecule has 0 spiro atoms. The number of methoxy groups -OCH3 is 1. The zero-order valence-electron chi connectivity index (χ0n) is 14.8. The number of aromatic nitrogens is 1. The third-order valence-corrected chi connectivity index (χ3v) is 2.80. The second-order valence-electron chi connectivity index (χ2n) is 4.47. The molecule has 0 saturated heterocycles. The van der Waals surface area contributed by atoms with E-state index < -0.39 is 5.97 Å². The molecule has 0 unspecified atom stereocenters. The number of carbonyl (C=O) groups excluding carboxylic acids is 1. The Morgan fingerprint density at radius 1 is 1.24 bits per heavy atom. The predicted octanol–water partition coefficient (Wildman–Crippen LogP) is 2.04. The summed E-state index contributed by atoms with van der Waals surface area (Å²) in [7, 11) is 2.57. The molecule has 0 atom stereocenters. The molecule has 0 amide bonds. The van der Waals surface area contributed by atoms with Crippen LogP contribution in [0.2, 0.25) is 0 Å². The first kappa shape index (κ1) is 19.9. The largest absolute Gasteiger partial charge is 0.465 e. The van der Waals surface area contributed by atoms with Gasteiger partial charge in [0.1, 0.15) is 30.7 Å². The molecule has 0 radical (unpaired) electrons. The van der Waals surface area contributed by atoms with Gasteiger partial charge in [-0.25, -0.2) is 9.78 Å². The van der Waals surface area contributed by atoms with Crippen molar-refractivity contribution in [3.8, 4) is 5.88 Å². The zero-order chi connectivity index (χ0) is 18.7. The molecular formula is C16H20N4O5. The summed E-state index contributed by atoms with van der Waals surface area (Å²) < 4.78 is 4.72. The van der Waals surface area contributed by atoms with Crippen molar-refractivity contribution >= 4 is 28.8 Å².